The summed E-state index contributed by atoms with van der Waals surface area (Å²) in [5, 5.41) is 15.8. The fourth-order valence-corrected chi connectivity index (χ4v) is 3.21. The Morgan fingerprint density at radius 2 is 1.70 bits per heavy atom. The van der Waals surface area contributed by atoms with Gasteiger partial charge in [-0.2, -0.15) is 0 Å². The number of carbonyl (C=O) groups is 3. The fourth-order valence-electron chi connectivity index (χ4n) is 3.21. The number of hydrogen-bond acceptors (Lipinski definition) is 6. The number of nitrogens with one attached hydrogen (secondary N) is 2. The minimum absolute atomic E-state index is 0.00162. The van der Waals surface area contributed by atoms with E-state index in [1.807, 2.05) is 36.4 Å². The van der Waals surface area contributed by atoms with Crippen molar-refractivity contribution in [2.24, 2.45) is 5.73 Å². The van der Waals surface area contributed by atoms with E-state index in [0.717, 1.165) is 16.5 Å². The minimum atomic E-state index is -1.35. The molecule has 0 radical (unpaired) electrons. The van der Waals surface area contributed by atoms with Crippen molar-refractivity contribution in [3.8, 4) is 0 Å². The lowest BCUT2D eigenvalue weighted by atomic mass is 10.1. The molecular weight excluding hydrogens is 424 g/mol. The molecule has 3 aromatic rings. The first-order valence-electron chi connectivity index (χ1n) is 10.4. The van der Waals surface area contributed by atoms with Gasteiger partial charge in [-0.05, 0) is 24.6 Å². The summed E-state index contributed by atoms with van der Waals surface area (Å²) in [6, 6.07) is 17.7. The Balaban J connectivity index is 1.63. The number of pyridine rings is 1. The first kappa shape index (κ1) is 23.7. The van der Waals surface area contributed by atoms with Gasteiger partial charge in [-0.1, -0.05) is 54.6 Å². The van der Waals surface area contributed by atoms with Crippen molar-refractivity contribution in [3.63, 3.8) is 0 Å². The summed E-state index contributed by atoms with van der Waals surface area (Å²) in [5.41, 5.74) is 7.55. The van der Waals surface area contributed by atoms with Crippen molar-refractivity contribution in [1.29, 1.82) is 0 Å². The predicted octanol–water partition coefficient (Wildman–Crippen LogP) is 1.42. The van der Waals surface area contributed by atoms with Crippen molar-refractivity contribution in [1.82, 2.24) is 15.6 Å². The molecule has 0 fully saturated rings. The number of alkyl carbamates (subject to hydrolysis) is 1. The topological polar surface area (TPSA) is 144 Å². The first-order chi connectivity index (χ1) is 15.8. The SMILES string of the molecule is C[C@@H](O)[C@H](NC(=O)OCc1ccccc1)C(=O)N[C@H](Cc1ccc2ccccc2n1)C(N)=O. The maximum atomic E-state index is 12.7. The van der Waals surface area contributed by atoms with E-state index in [1.165, 1.54) is 6.92 Å². The summed E-state index contributed by atoms with van der Waals surface area (Å²) in [6.07, 6.45) is -2.08. The number of amides is 3. The molecule has 0 aliphatic carbocycles. The van der Waals surface area contributed by atoms with Crippen molar-refractivity contribution >= 4 is 28.8 Å². The van der Waals surface area contributed by atoms with Crippen LogP contribution in [0.15, 0.2) is 66.7 Å². The van der Waals surface area contributed by atoms with Gasteiger partial charge in [0.1, 0.15) is 18.7 Å². The molecule has 0 aliphatic rings. The van der Waals surface area contributed by atoms with Crippen molar-refractivity contribution in [2.45, 2.75) is 38.1 Å². The normalized spacial score (nSPS) is 13.5. The molecule has 1 aromatic heterocycles. The van der Waals surface area contributed by atoms with E-state index in [-0.39, 0.29) is 13.0 Å². The van der Waals surface area contributed by atoms with Gasteiger partial charge in [-0.3, -0.25) is 14.6 Å². The number of aromatic nitrogens is 1. The van der Waals surface area contributed by atoms with Crippen LogP contribution < -0.4 is 16.4 Å². The standard InChI is InChI=1S/C24H26N4O5/c1-15(29)21(28-24(32)33-14-16-7-3-2-4-8-16)23(31)27-20(22(25)30)13-18-12-11-17-9-5-6-10-19(17)26-18/h2-12,15,20-21,29H,13-14H2,1H3,(H2,25,30)(H,27,31)(H,28,32)/t15-,20-,21+/m1/s1. The monoisotopic (exact) mass is 450 g/mol. The van der Waals surface area contributed by atoms with E-state index in [2.05, 4.69) is 15.6 Å². The van der Waals surface area contributed by atoms with Gasteiger partial charge in [0.25, 0.3) is 0 Å². The van der Waals surface area contributed by atoms with Gasteiger partial charge in [0.05, 0.1) is 11.6 Å². The Bertz CT molecular complexity index is 1120. The van der Waals surface area contributed by atoms with Crippen LogP contribution in [-0.4, -0.2) is 46.2 Å². The van der Waals surface area contributed by atoms with Crippen molar-refractivity contribution < 1.29 is 24.2 Å². The average molecular weight is 450 g/mol. The summed E-state index contributed by atoms with van der Waals surface area (Å²) in [7, 11) is 0. The quantitative estimate of drug-likeness (QED) is 0.388. The number of para-hydroxylation sites is 1. The summed E-state index contributed by atoms with van der Waals surface area (Å²) >= 11 is 0. The molecule has 3 atom stereocenters. The van der Waals surface area contributed by atoms with E-state index in [0.29, 0.717) is 5.69 Å². The summed E-state index contributed by atoms with van der Waals surface area (Å²) in [6.45, 7) is 1.34. The van der Waals surface area contributed by atoms with Crippen molar-refractivity contribution in [3.05, 3.63) is 78.0 Å². The van der Waals surface area contributed by atoms with Gasteiger partial charge >= 0.3 is 6.09 Å². The van der Waals surface area contributed by atoms with Crippen LogP contribution in [0.4, 0.5) is 4.79 Å². The lowest BCUT2D eigenvalue weighted by Gasteiger charge is -2.23. The number of carbonyl (C=O) groups excluding carboxylic acids is 3. The first-order valence-corrected chi connectivity index (χ1v) is 10.4. The number of nitrogens with two attached hydrogens (primary N) is 1. The molecule has 0 aliphatic heterocycles. The molecule has 9 heteroatoms. The fraction of sp³-hybridized carbons (Fsp3) is 0.250. The molecule has 5 N–H and O–H groups in total. The van der Waals surface area contributed by atoms with Crippen LogP contribution in [0.5, 0.6) is 0 Å². The van der Waals surface area contributed by atoms with Gasteiger partial charge in [-0.25, -0.2) is 4.79 Å². The van der Waals surface area contributed by atoms with Gasteiger partial charge in [0, 0.05) is 17.5 Å². The summed E-state index contributed by atoms with van der Waals surface area (Å²) < 4.78 is 5.11. The Kier molecular flexibility index (Phi) is 7.93. The molecular formula is C24H26N4O5. The predicted molar refractivity (Wildman–Crippen MR) is 122 cm³/mol. The zero-order valence-electron chi connectivity index (χ0n) is 18.1. The molecule has 1 heterocycles. The number of benzene rings is 2. The van der Waals surface area contributed by atoms with Crippen LogP contribution in [0.3, 0.4) is 0 Å². The number of hydrogen-bond donors (Lipinski definition) is 4. The lowest BCUT2D eigenvalue weighted by Crippen LogP contribution is -2.57. The highest BCUT2D eigenvalue weighted by Crippen LogP contribution is 2.13. The molecule has 0 spiro atoms. The molecule has 9 nitrogen and oxygen atoms in total. The van der Waals surface area contributed by atoms with Crippen LogP contribution in [-0.2, 0) is 27.4 Å². The smallest absolute Gasteiger partial charge is 0.408 e. The number of aliphatic hydroxyl groups excluding tert-OH is 1. The average Bonchev–Trinajstić information content (AvgIpc) is 2.81. The van der Waals surface area contributed by atoms with E-state index in [9.17, 15) is 19.5 Å². The van der Waals surface area contributed by atoms with Crippen LogP contribution in [0.2, 0.25) is 0 Å². The second-order valence-electron chi connectivity index (χ2n) is 7.59. The Morgan fingerprint density at radius 1 is 1.00 bits per heavy atom. The minimum Gasteiger partial charge on any atom is -0.445 e. The summed E-state index contributed by atoms with van der Waals surface area (Å²) in [5.74, 6) is -1.54. The Hall–Kier alpha value is -3.98. The molecule has 3 amide bonds. The number of ether oxygens (including phenoxy) is 1. The van der Waals surface area contributed by atoms with E-state index >= 15 is 0 Å². The Labute approximate surface area is 191 Å². The molecule has 0 saturated carbocycles. The third-order valence-electron chi connectivity index (χ3n) is 4.98. The zero-order valence-corrected chi connectivity index (χ0v) is 18.1. The van der Waals surface area contributed by atoms with Crippen LogP contribution in [0, 0.1) is 0 Å². The maximum Gasteiger partial charge on any atom is 0.408 e. The lowest BCUT2D eigenvalue weighted by molar-refractivity contribution is -0.130. The van der Waals surface area contributed by atoms with Crippen LogP contribution in [0.1, 0.15) is 18.2 Å². The third-order valence-corrected chi connectivity index (χ3v) is 4.98. The molecule has 33 heavy (non-hydrogen) atoms. The van der Waals surface area contributed by atoms with Crippen LogP contribution in [0.25, 0.3) is 10.9 Å². The molecule has 2 aromatic carbocycles. The van der Waals surface area contributed by atoms with E-state index in [4.69, 9.17) is 10.5 Å². The largest absolute Gasteiger partial charge is 0.445 e. The molecule has 0 bridgehead atoms. The van der Waals surface area contributed by atoms with Gasteiger partial charge in [0.15, 0.2) is 0 Å². The van der Waals surface area contributed by atoms with Gasteiger partial charge in [0.2, 0.25) is 11.8 Å². The molecule has 0 unspecified atom stereocenters. The summed E-state index contributed by atoms with van der Waals surface area (Å²) in [4.78, 5) is 41.4. The number of rotatable bonds is 9. The van der Waals surface area contributed by atoms with E-state index in [1.54, 1.807) is 30.3 Å². The van der Waals surface area contributed by atoms with Gasteiger partial charge in [-0.15, -0.1) is 0 Å². The number of aliphatic hydroxyl groups is 1. The van der Waals surface area contributed by atoms with Crippen LogP contribution >= 0.6 is 0 Å². The molecule has 0 saturated heterocycles. The molecule has 3 rings (SSSR count). The third kappa shape index (κ3) is 6.75. The Morgan fingerprint density at radius 3 is 2.39 bits per heavy atom. The number of nitrogens with zero attached hydrogens (tertiary/aromatic N) is 1. The number of primary amides is 1. The second kappa shape index (κ2) is 11.1. The highest BCUT2D eigenvalue weighted by atomic mass is 16.5. The second-order valence-corrected chi connectivity index (χ2v) is 7.59. The molecule has 172 valence electrons. The van der Waals surface area contributed by atoms with Gasteiger partial charge < -0.3 is 26.2 Å². The highest BCUT2D eigenvalue weighted by Gasteiger charge is 2.30. The number of fused-ring (bicyclic) bond motifs is 1. The van der Waals surface area contributed by atoms with Crippen molar-refractivity contribution in [2.75, 3.05) is 0 Å². The zero-order chi connectivity index (χ0) is 23.8. The maximum absolute atomic E-state index is 12.7. The van der Waals surface area contributed by atoms with E-state index < -0.39 is 36.1 Å². The highest BCUT2D eigenvalue weighted by molar-refractivity contribution is 5.91.